The number of carbonyl (C=O) groups is 2. The van der Waals surface area contributed by atoms with Crippen molar-refractivity contribution in [1.82, 2.24) is 0 Å². The Labute approximate surface area is 123 Å². The minimum absolute atomic E-state index is 0.0507. The number of benzene rings is 1. The summed E-state index contributed by atoms with van der Waals surface area (Å²) in [5.41, 5.74) is 1.52. The summed E-state index contributed by atoms with van der Waals surface area (Å²) >= 11 is 0. The lowest BCUT2D eigenvalue weighted by Gasteiger charge is -2.32. The van der Waals surface area contributed by atoms with Gasteiger partial charge in [0.15, 0.2) is 6.10 Å². The largest absolute Gasteiger partial charge is 0.481 e. The first-order valence-electron chi connectivity index (χ1n) is 7.02. The Kier molecular flexibility index (Phi) is 4.35. The third-order valence-electron chi connectivity index (χ3n) is 3.52. The van der Waals surface area contributed by atoms with E-state index in [-0.39, 0.29) is 5.91 Å². The van der Waals surface area contributed by atoms with Crippen LogP contribution in [-0.4, -0.2) is 36.2 Å². The lowest BCUT2D eigenvalue weighted by atomic mass is 10.1. The molecule has 0 saturated heterocycles. The smallest absolute Gasteiger partial charge is 0.308 e. The molecule has 1 aromatic carbocycles. The molecule has 6 nitrogen and oxygen atoms in total. The van der Waals surface area contributed by atoms with Crippen molar-refractivity contribution in [2.45, 2.75) is 26.9 Å². The Balaban J connectivity index is 2.17. The Morgan fingerprint density at radius 1 is 1.52 bits per heavy atom. The summed E-state index contributed by atoms with van der Waals surface area (Å²) in [6, 6.07) is 5.44. The molecule has 0 saturated carbocycles. The Morgan fingerprint density at radius 2 is 2.24 bits per heavy atom. The van der Waals surface area contributed by atoms with Crippen LogP contribution >= 0.6 is 0 Å². The SMILES string of the molecule is CCN1C(=O)C(C)Oc2cc(NCC(C)C(=O)O)ccc21. The molecule has 1 heterocycles. The molecule has 6 heteroatoms. The number of nitrogens with one attached hydrogen (secondary N) is 1. The van der Waals surface area contributed by atoms with Gasteiger partial charge in [0.05, 0.1) is 11.6 Å². The number of rotatable bonds is 5. The number of hydrogen-bond donors (Lipinski definition) is 2. The van der Waals surface area contributed by atoms with Gasteiger partial charge in [-0.15, -0.1) is 0 Å². The van der Waals surface area contributed by atoms with Crippen molar-refractivity contribution in [3.8, 4) is 5.75 Å². The maximum Gasteiger partial charge on any atom is 0.308 e. The number of anilines is 2. The average Bonchev–Trinajstić information content (AvgIpc) is 2.46. The fourth-order valence-corrected chi connectivity index (χ4v) is 2.20. The van der Waals surface area contributed by atoms with Crippen LogP contribution in [-0.2, 0) is 9.59 Å². The van der Waals surface area contributed by atoms with Crippen LogP contribution in [0.4, 0.5) is 11.4 Å². The van der Waals surface area contributed by atoms with E-state index >= 15 is 0 Å². The number of carboxylic acids is 1. The molecule has 2 N–H and O–H groups in total. The molecule has 1 aromatic rings. The highest BCUT2D eigenvalue weighted by atomic mass is 16.5. The van der Waals surface area contributed by atoms with Gasteiger partial charge in [-0.25, -0.2) is 0 Å². The molecule has 1 aliphatic rings. The molecule has 0 spiro atoms. The van der Waals surface area contributed by atoms with E-state index < -0.39 is 18.0 Å². The highest BCUT2D eigenvalue weighted by Crippen LogP contribution is 2.36. The molecule has 0 aromatic heterocycles. The molecule has 2 rings (SSSR count). The second kappa shape index (κ2) is 6.03. The highest BCUT2D eigenvalue weighted by Gasteiger charge is 2.30. The van der Waals surface area contributed by atoms with Crippen molar-refractivity contribution in [2.24, 2.45) is 5.92 Å². The summed E-state index contributed by atoms with van der Waals surface area (Å²) in [6.45, 7) is 6.20. The van der Waals surface area contributed by atoms with Gasteiger partial charge in [-0.3, -0.25) is 9.59 Å². The molecule has 21 heavy (non-hydrogen) atoms. The first-order valence-corrected chi connectivity index (χ1v) is 7.02. The van der Waals surface area contributed by atoms with Gasteiger partial charge in [-0.05, 0) is 26.0 Å². The number of amides is 1. The van der Waals surface area contributed by atoms with Gasteiger partial charge >= 0.3 is 5.97 Å². The number of hydrogen-bond acceptors (Lipinski definition) is 4. The molecule has 1 aliphatic heterocycles. The highest BCUT2D eigenvalue weighted by molar-refractivity contribution is 6.00. The van der Waals surface area contributed by atoms with Crippen molar-refractivity contribution in [2.75, 3.05) is 23.3 Å². The molecule has 1 amide bonds. The van der Waals surface area contributed by atoms with Crippen LogP contribution in [0, 0.1) is 5.92 Å². The van der Waals surface area contributed by atoms with E-state index in [0.29, 0.717) is 18.8 Å². The standard InChI is InChI=1S/C15H20N2O4/c1-4-17-12-6-5-11(16-8-9(2)15(19)20)7-13(12)21-10(3)14(17)18/h5-7,9-10,16H,4,8H2,1-3H3,(H,19,20). The maximum absolute atomic E-state index is 12.0. The lowest BCUT2D eigenvalue weighted by molar-refractivity contribution is -0.140. The van der Waals surface area contributed by atoms with Crippen LogP contribution in [0.3, 0.4) is 0 Å². The molecule has 0 bridgehead atoms. The minimum Gasteiger partial charge on any atom is -0.481 e. The van der Waals surface area contributed by atoms with E-state index in [1.54, 1.807) is 24.8 Å². The zero-order chi connectivity index (χ0) is 15.6. The Hall–Kier alpha value is -2.24. The normalized spacial score (nSPS) is 18.7. The Bertz CT molecular complexity index is 559. The monoisotopic (exact) mass is 292 g/mol. The first kappa shape index (κ1) is 15.2. The Morgan fingerprint density at radius 3 is 2.86 bits per heavy atom. The van der Waals surface area contributed by atoms with Crippen molar-refractivity contribution >= 4 is 23.3 Å². The molecule has 0 fully saturated rings. The number of carbonyl (C=O) groups excluding carboxylic acids is 1. The van der Waals surface area contributed by atoms with E-state index in [4.69, 9.17) is 9.84 Å². The van der Waals surface area contributed by atoms with Crippen LogP contribution < -0.4 is 15.0 Å². The van der Waals surface area contributed by atoms with E-state index in [1.165, 1.54) is 0 Å². The number of nitrogens with zero attached hydrogens (tertiary/aromatic N) is 1. The fraction of sp³-hybridized carbons (Fsp3) is 0.467. The van der Waals surface area contributed by atoms with Gasteiger partial charge in [0, 0.05) is 24.8 Å². The minimum atomic E-state index is -0.840. The zero-order valence-corrected chi connectivity index (χ0v) is 12.4. The van der Waals surface area contributed by atoms with E-state index in [2.05, 4.69) is 5.32 Å². The van der Waals surface area contributed by atoms with E-state index in [9.17, 15) is 9.59 Å². The third kappa shape index (κ3) is 3.09. The number of carboxylic acid groups (broad SMARTS) is 1. The maximum atomic E-state index is 12.0. The van der Waals surface area contributed by atoms with Gasteiger partial charge in [0.25, 0.3) is 5.91 Å². The molecule has 2 atom stereocenters. The predicted octanol–water partition coefficient (Wildman–Crippen LogP) is 1.95. The molecule has 114 valence electrons. The van der Waals surface area contributed by atoms with Crippen LogP contribution in [0.25, 0.3) is 0 Å². The van der Waals surface area contributed by atoms with Crippen molar-refractivity contribution in [1.29, 1.82) is 0 Å². The summed E-state index contributed by atoms with van der Waals surface area (Å²) in [5, 5.41) is 11.9. The summed E-state index contributed by atoms with van der Waals surface area (Å²) in [6.07, 6.45) is -0.509. The van der Waals surface area contributed by atoms with Crippen LogP contribution in [0.5, 0.6) is 5.75 Å². The topological polar surface area (TPSA) is 78.9 Å². The van der Waals surface area contributed by atoms with E-state index in [1.807, 2.05) is 19.1 Å². The fourth-order valence-electron chi connectivity index (χ4n) is 2.20. The van der Waals surface area contributed by atoms with Gasteiger partial charge in [0.1, 0.15) is 5.75 Å². The van der Waals surface area contributed by atoms with Crippen molar-refractivity contribution in [3.05, 3.63) is 18.2 Å². The summed E-state index contributed by atoms with van der Waals surface area (Å²) in [5.74, 6) is -0.732. The first-order chi connectivity index (χ1) is 9.93. The zero-order valence-electron chi connectivity index (χ0n) is 12.4. The van der Waals surface area contributed by atoms with E-state index in [0.717, 1.165) is 11.4 Å². The molecule has 0 aliphatic carbocycles. The van der Waals surface area contributed by atoms with Gasteiger partial charge in [-0.1, -0.05) is 6.92 Å². The molecule has 0 radical (unpaired) electrons. The second-order valence-corrected chi connectivity index (χ2v) is 5.15. The second-order valence-electron chi connectivity index (χ2n) is 5.15. The molecule has 2 unspecified atom stereocenters. The van der Waals surface area contributed by atoms with Crippen molar-refractivity contribution in [3.63, 3.8) is 0 Å². The third-order valence-corrected chi connectivity index (χ3v) is 3.52. The summed E-state index contributed by atoms with van der Waals surface area (Å²) in [7, 11) is 0. The van der Waals surface area contributed by atoms with Crippen LogP contribution in [0.15, 0.2) is 18.2 Å². The lowest BCUT2D eigenvalue weighted by Crippen LogP contribution is -2.44. The number of ether oxygens (including phenoxy) is 1. The summed E-state index contributed by atoms with van der Waals surface area (Å²) in [4.78, 5) is 24.5. The quantitative estimate of drug-likeness (QED) is 0.867. The molecular formula is C15H20N2O4. The number of fused-ring (bicyclic) bond motifs is 1. The average molecular weight is 292 g/mol. The number of aliphatic carboxylic acids is 1. The van der Waals surface area contributed by atoms with Gasteiger partial charge in [-0.2, -0.15) is 0 Å². The summed E-state index contributed by atoms with van der Waals surface area (Å²) < 4.78 is 5.62. The van der Waals surface area contributed by atoms with Crippen LogP contribution in [0.1, 0.15) is 20.8 Å². The van der Waals surface area contributed by atoms with Gasteiger partial charge in [0.2, 0.25) is 0 Å². The van der Waals surface area contributed by atoms with Crippen LogP contribution in [0.2, 0.25) is 0 Å². The predicted molar refractivity (Wildman–Crippen MR) is 79.8 cm³/mol. The number of likely N-dealkylation sites (N-methyl/N-ethyl adjacent to an activating group) is 1. The van der Waals surface area contributed by atoms with Gasteiger partial charge < -0.3 is 20.1 Å². The molecular weight excluding hydrogens is 272 g/mol. The van der Waals surface area contributed by atoms with Crippen molar-refractivity contribution < 1.29 is 19.4 Å².